The van der Waals surface area contributed by atoms with Crippen LogP contribution in [0.4, 0.5) is 4.39 Å². The number of hydrogen-bond acceptors (Lipinski definition) is 1. The van der Waals surface area contributed by atoms with Gasteiger partial charge in [-0.1, -0.05) is 28.1 Å². The summed E-state index contributed by atoms with van der Waals surface area (Å²) >= 11 is 3.32. The maximum absolute atomic E-state index is 13.0. The van der Waals surface area contributed by atoms with Gasteiger partial charge in [-0.05, 0) is 42.8 Å². The lowest BCUT2D eigenvalue weighted by atomic mass is 9.99. The van der Waals surface area contributed by atoms with Crippen molar-refractivity contribution >= 4 is 21.7 Å². The molecule has 0 amide bonds. The Balaban J connectivity index is 2.44. The van der Waals surface area contributed by atoms with Gasteiger partial charge >= 0.3 is 0 Å². The zero-order chi connectivity index (χ0) is 12.4. The van der Waals surface area contributed by atoms with Gasteiger partial charge in [0, 0.05) is 15.6 Å². The van der Waals surface area contributed by atoms with Crippen LogP contribution < -0.4 is 0 Å². The molecule has 0 heterocycles. The quantitative estimate of drug-likeness (QED) is 0.761. The molecule has 0 bridgehead atoms. The molecule has 0 fully saturated rings. The van der Waals surface area contributed by atoms with E-state index < -0.39 is 0 Å². The molecule has 0 saturated carbocycles. The van der Waals surface area contributed by atoms with Crippen LogP contribution in [0.1, 0.15) is 21.5 Å². The van der Waals surface area contributed by atoms with Gasteiger partial charge in [-0.25, -0.2) is 4.39 Å². The molecular formula is C14H10BrFO. The van der Waals surface area contributed by atoms with Crippen LogP contribution in [0.5, 0.6) is 0 Å². The summed E-state index contributed by atoms with van der Waals surface area (Å²) < 4.78 is 13.8. The van der Waals surface area contributed by atoms with Gasteiger partial charge in [0.05, 0.1) is 0 Å². The predicted molar refractivity (Wildman–Crippen MR) is 68.7 cm³/mol. The molecular weight excluding hydrogens is 283 g/mol. The molecule has 0 aromatic heterocycles. The van der Waals surface area contributed by atoms with Crippen molar-refractivity contribution in [2.24, 2.45) is 0 Å². The molecule has 1 nitrogen and oxygen atoms in total. The second kappa shape index (κ2) is 4.80. The number of aryl methyl sites for hydroxylation is 1. The summed E-state index contributed by atoms with van der Waals surface area (Å²) in [7, 11) is 0. The van der Waals surface area contributed by atoms with Crippen LogP contribution in [0.25, 0.3) is 0 Å². The smallest absolute Gasteiger partial charge is 0.193 e. The van der Waals surface area contributed by atoms with Crippen molar-refractivity contribution in [2.45, 2.75) is 6.92 Å². The lowest BCUT2D eigenvalue weighted by molar-refractivity contribution is 0.103. The minimum Gasteiger partial charge on any atom is -0.289 e. The van der Waals surface area contributed by atoms with E-state index in [-0.39, 0.29) is 11.6 Å². The van der Waals surface area contributed by atoms with Gasteiger partial charge in [-0.15, -0.1) is 0 Å². The lowest BCUT2D eigenvalue weighted by Gasteiger charge is -2.05. The molecule has 3 heteroatoms. The third-order valence-corrected chi connectivity index (χ3v) is 3.01. The molecule has 2 rings (SSSR count). The average Bonchev–Trinajstić information content (AvgIpc) is 2.28. The van der Waals surface area contributed by atoms with Crippen molar-refractivity contribution in [1.29, 1.82) is 0 Å². The molecule has 0 unspecified atom stereocenters. The Hall–Kier alpha value is -1.48. The van der Waals surface area contributed by atoms with Crippen LogP contribution in [-0.4, -0.2) is 5.78 Å². The molecule has 2 aromatic carbocycles. The van der Waals surface area contributed by atoms with Crippen LogP contribution >= 0.6 is 15.9 Å². The molecule has 0 N–H and O–H groups in total. The van der Waals surface area contributed by atoms with Gasteiger partial charge in [-0.3, -0.25) is 4.79 Å². The van der Waals surface area contributed by atoms with Gasteiger partial charge in [0.2, 0.25) is 0 Å². The predicted octanol–water partition coefficient (Wildman–Crippen LogP) is 4.13. The maximum Gasteiger partial charge on any atom is 0.193 e. The van der Waals surface area contributed by atoms with E-state index in [0.29, 0.717) is 16.7 Å². The van der Waals surface area contributed by atoms with E-state index in [9.17, 15) is 9.18 Å². The van der Waals surface area contributed by atoms with Crippen LogP contribution in [0.15, 0.2) is 46.9 Å². The Morgan fingerprint density at radius 2 is 1.94 bits per heavy atom. The summed E-state index contributed by atoms with van der Waals surface area (Å²) in [6.07, 6.45) is 0. The van der Waals surface area contributed by atoms with Crippen LogP contribution in [0.3, 0.4) is 0 Å². The summed E-state index contributed by atoms with van der Waals surface area (Å²) in [6, 6.07) is 11.4. The van der Waals surface area contributed by atoms with E-state index in [2.05, 4.69) is 15.9 Å². The van der Waals surface area contributed by atoms with Crippen LogP contribution in [0, 0.1) is 12.7 Å². The first-order chi connectivity index (χ1) is 8.08. The number of halogens is 2. The Labute approximate surface area is 107 Å². The molecule has 0 spiro atoms. The van der Waals surface area contributed by atoms with Crippen molar-refractivity contribution in [2.75, 3.05) is 0 Å². The van der Waals surface area contributed by atoms with Gasteiger partial charge in [0.15, 0.2) is 5.78 Å². The van der Waals surface area contributed by atoms with Gasteiger partial charge in [0.1, 0.15) is 5.82 Å². The monoisotopic (exact) mass is 292 g/mol. The zero-order valence-electron chi connectivity index (χ0n) is 9.21. The zero-order valence-corrected chi connectivity index (χ0v) is 10.8. The van der Waals surface area contributed by atoms with E-state index in [0.717, 1.165) is 4.47 Å². The van der Waals surface area contributed by atoms with Gasteiger partial charge in [0.25, 0.3) is 0 Å². The first kappa shape index (κ1) is 12.0. The number of ketones is 1. The Morgan fingerprint density at radius 1 is 1.18 bits per heavy atom. The number of benzene rings is 2. The molecule has 86 valence electrons. The van der Waals surface area contributed by atoms with Crippen LogP contribution in [-0.2, 0) is 0 Å². The van der Waals surface area contributed by atoms with Gasteiger partial charge < -0.3 is 0 Å². The Bertz CT molecular complexity index is 578. The van der Waals surface area contributed by atoms with E-state index in [1.165, 1.54) is 18.2 Å². The second-order valence-corrected chi connectivity index (χ2v) is 4.71. The largest absolute Gasteiger partial charge is 0.289 e. The highest BCUT2D eigenvalue weighted by atomic mass is 79.9. The number of hydrogen-bond donors (Lipinski definition) is 0. The van der Waals surface area contributed by atoms with E-state index in [1.807, 2.05) is 6.07 Å². The molecule has 2 aromatic rings. The highest BCUT2D eigenvalue weighted by Crippen LogP contribution is 2.18. The van der Waals surface area contributed by atoms with E-state index in [1.54, 1.807) is 25.1 Å². The number of rotatable bonds is 2. The standard InChI is InChI=1S/C14H10BrFO/c1-9-7-12(16)5-6-13(9)14(17)10-3-2-4-11(15)8-10/h2-8H,1H3. The molecule has 0 aliphatic carbocycles. The highest BCUT2D eigenvalue weighted by molar-refractivity contribution is 9.10. The maximum atomic E-state index is 13.0. The number of carbonyl (C=O) groups is 1. The Morgan fingerprint density at radius 3 is 2.59 bits per heavy atom. The third-order valence-electron chi connectivity index (χ3n) is 2.52. The molecule has 0 atom stereocenters. The summed E-state index contributed by atoms with van der Waals surface area (Å²) in [5, 5.41) is 0. The SMILES string of the molecule is Cc1cc(F)ccc1C(=O)c1cccc(Br)c1. The lowest BCUT2D eigenvalue weighted by Crippen LogP contribution is -2.03. The van der Waals surface area contributed by atoms with E-state index >= 15 is 0 Å². The van der Waals surface area contributed by atoms with Crippen molar-refractivity contribution in [3.05, 3.63) is 69.4 Å². The third kappa shape index (κ3) is 2.61. The summed E-state index contributed by atoms with van der Waals surface area (Å²) in [5.74, 6) is -0.419. The fourth-order valence-electron chi connectivity index (χ4n) is 1.67. The topological polar surface area (TPSA) is 17.1 Å². The Kier molecular flexibility index (Phi) is 3.38. The minimum atomic E-state index is -0.326. The van der Waals surface area contributed by atoms with Crippen molar-refractivity contribution in [3.8, 4) is 0 Å². The fraction of sp³-hybridized carbons (Fsp3) is 0.0714. The first-order valence-electron chi connectivity index (χ1n) is 5.14. The van der Waals surface area contributed by atoms with Crippen molar-refractivity contribution < 1.29 is 9.18 Å². The first-order valence-corrected chi connectivity index (χ1v) is 5.93. The molecule has 0 aliphatic rings. The van der Waals surface area contributed by atoms with Crippen LogP contribution in [0.2, 0.25) is 0 Å². The number of carbonyl (C=O) groups excluding carboxylic acids is 1. The average molecular weight is 293 g/mol. The highest BCUT2D eigenvalue weighted by Gasteiger charge is 2.12. The second-order valence-electron chi connectivity index (χ2n) is 3.80. The molecule has 0 aliphatic heterocycles. The molecule has 0 radical (unpaired) electrons. The fourth-order valence-corrected chi connectivity index (χ4v) is 2.07. The van der Waals surface area contributed by atoms with E-state index in [4.69, 9.17) is 0 Å². The van der Waals surface area contributed by atoms with Crippen molar-refractivity contribution in [3.63, 3.8) is 0 Å². The minimum absolute atomic E-state index is 0.0937. The molecule has 0 saturated heterocycles. The summed E-state index contributed by atoms with van der Waals surface area (Å²) in [5.41, 5.74) is 1.77. The van der Waals surface area contributed by atoms with Crippen molar-refractivity contribution in [1.82, 2.24) is 0 Å². The summed E-state index contributed by atoms with van der Waals surface area (Å²) in [6.45, 7) is 1.73. The summed E-state index contributed by atoms with van der Waals surface area (Å²) in [4.78, 5) is 12.2. The normalized spacial score (nSPS) is 10.3. The molecule has 17 heavy (non-hydrogen) atoms. The van der Waals surface area contributed by atoms with Gasteiger partial charge in [-0.2, -0.15) is 0 Å².